The van der Waals surface area contributed by atoms with Gasteiger partial charge in [0.1, 0.15) is 0 Å². The zero-order valence-electron chi connectivity index (χ0n) is 12.4. The van der Waals surface area contributed by atoms with Gasteiger partial charge in [0.25, 0.3) is 0 Å². The van der Waals surface area contributed by atoms with Gasteiger partial charge in [-0.25, -0.2) is 0 Å². The van der Waals surface area contributed by atoms with Gasteiger partial charge < -0.3 is 5.73 Å². The van der Waals surface area contributed by atoms with E-state index >= 15 is 0 Å². The largest absolute Gasteiger partial charge is 0.329 e. The van der Waals surface area contributed by atoms with Crippen molar-refractivity contribution in [2.45, 2.75) is 37.4 Å². The summed E-state index contributed by atoms with van der Waals surface area (Å²) in [7, 11) is 2.27. The Morgan fingerprint density at radius 3 is 2.67 bits per heavy atom. The second-order valence-corrected chi connectivity index (χ2v) is 7.07. The standard InChI is InChI=1S/C16H23Cl2N3/c1-20-12-3-4-13(20)10-21(7-6-12)16(9-19)11-2-5-14(17)15(18)8-11/h2,5,8,12-13,16H,3-4,6-7,9-10,19H2,1H3. The average molecular weight is 328 g/mol. The van der Waals surface area contributed by atoms with Gasteiger partial charge in [0.2, 0.25) is 0 Å². The first-order chi connectivity index (χ1) is 10.1. The lowest BCUT2D eigenvalue weighted by atomic mass is 10.0. The van der Waals surface area contributed by atoms with Gasteiger partial charge >= 0.3 is 0 Å². The molecule has 1 aromatic carbocycles. The maximum absolute atomic E-state index is 6.17. The Morgan fingerprint density at radius 1 is 1.19 bits per heavy atom. The van der Waals surface area contributed by atoms with Crippen LogP contribution in [0.25, 0.3) is 0 Å². The molecule has 0 aromatic heterocycles. The summed E-state index contributed by atoms with van der Waals surface area (Å²) in [5.41, 5.74) is 7.25. The van der Waals surface area contributed by atoms with Crippen molar-refractivity contribution in [3.8, 4) is 0 Å². The Morgan fingerprint density at radius 2 is 1.95 bits per heavy atom. The fraction of sp³-hybridized carbons (Fsp3) is 0.625. The summed E-state index contributed by atoms with van der Waals surface area (Å²) in [5, 5.41) is 1.21. The number of halogens is 2. The zero-order chi connectivity index (χ0) is 15.0. The van der Waals surface area contributed by atoms with Gasteiger partial charge in [0.15, 0.2) is 0 Å². The Hall–Kier alpha value is -0.320. The van der Waals surface area contributed by atoms with Gasteiger partial charge in [-0.05, 0) is 44.0 Å². The van der Waals surface area contributed by atoms with Crippen molar-refractivity contribution in [1.29, 1.82) is 0 Å². The Kier molecular flexibility index (Phi) is 4.77. The molecule has 3 atom stereocenters. The Balaban J connectivity index is 1.81. The number of likely N-dealkylation sites (tertiary alicyclic amines) is 1. The first-order valence-electron chi connectivity index (χ1n) is 7.71. The summed E-state index contributed by atoms with van der Waals surface area (Å²) >= 11 is 12.2. The van der Waals surface area contributed by atoms with Gasteiger partial charge in [-0.2, -0.15) is 0 Å². The maximum atomic E-state index is 6.17. The van der Waals surface area contributed by atoms with E-state index in [-0.39, 0.29) is 6.04 Å². The van der Waals surface area contributed by atoms with E-state index in [1.165, 1.54) is 24.8 Å². The van der Waals surface area contributed by atoms with Gasteiger partial charge in [-0.1, -0.05) is 29.3 Å². The lowest BCUT2D eigenvalue weighted by molar-refractivity contribution is 0.175. The summed E-state index contributed by atoms with van der Waals surface area (Å²) in [6.07, 6.45) is 3.87. The Bertz CT molecular complexity index is 508. The molecule has 0 amide bonds. The lowest BCUT2D eigenvalue weighted by Crippen LogP contribution is -2.40. The maximum Gasteiger partial charge on any atom is 0.0595 e. The molecule has 0 aliphatic carbocycles. The number of nitrogens with zero attached hydrogens (tertiary/aromatic N) is 2. The summed E-state index contributed by atoms with van der Waals surface area (Å²) < 4.78 is 0. The molecule has 3 unspecified atom stereocenters. The van der Waals surface area contributed by atoms with Crippen LogP contribution < -0.4 is 5.73 Å². The number of fused-ring (bicyclic) bond motifs is 2. The highest BCUT2D eigenvalue weighted by molar-refractivity contribution is 6.42. The predicted molar refractivity (Wildman–Crippen MR) is 89.0 cm³/mol. The number of hydrogen-bond donors (Lipinski definition) is 1. The van der Waals surface area contributed by atoms with E-state index in [2.05, 4.69) is 22.9 Å². The molecule has 2 fully saturated rings. The van der Waals surface area contributed by atoms with Crippen molar-refractivity contribution >= 4 is 23.2 Å². The van der Waals surface area contributed by atoms with Crippen LogP contribution in [0.2, 0.25) is 10.0 Å². The normalized spacial score (nSPS) is 28.6. The lowest BCUT2D eigenvalue weighted by Gasteiger charge is -2.33. The summed E-state index contributed by atoms with van der Waals surface area (Å²) in [4.78, 5) is 5.09. The molecule has 5 heteroatoms. The molecule has 2 heterocycles. The summed E-state index contributed by atoms with van der Waals surface area (Å²) in [6, 6.07) is 7.53. The number of benzene rings is 1. The van der Waals surface area contributed by atoms with E-state index in [1.807, 2.05) is 12.1 Å². The molecule has 3 rings (SSSR count). The smallest absolute Gasteiger partial charge is 0.0595 e. The second kappa shape index (κ2) is 6.43. The first kappa shape index (κ1) is 15.6. The summed E-state index contributed by atoms with van der Waals surface area (Å²) in [5.74, 6) is 0. The number of likely N-dealkylation sites (N-methyl/N-ethyl adjacent to an activating group) is 1. The highest BCUT2D eigenvalue weighted by atomic mass is 35.5. The minimum atomic E-state index is 0.229. The van der Waals surface area contributed by atoms with Crippen LogP contribution in [0.5, 0.6) is 0 Å². The van der Waals surface area contributed by atoms with Gasteiger partial charge in [-0.3, -0.25) is 9.80 Å². The third-order valence-electron chi connectivity index (χ3n) is 5.17. The van der Waals surface area contributed by atoms with Crippen LogP contribution in [0.3, 0.4) is 0 Å². The molecule has 2 bridgehead atoms. The van der Waals surface area contributed by atoms with Gasteiger partial charge in [-0.15, -0.1) is 0 Å². The highest BCUT2D eigenvalue weighted by Crippen LogP contribution is 2.33. The molecule has 2 aliphatic rings. The van der Waals surface area contributed by atoms with Crippen molar-refractivity contribution in [2.75, 3.05) is 26.7 Å². The predicted octanol–water partition coefficient (Wildman–Crippen LogP) is 3.16. The SMILES string of the molecule is CN1C2CCC1CN(C(CN)c1ccc(Cl)c(Cl)c1)CC2. The molecular weight excluding hydrogens is 305 g/mol. The monoisotopic (exact) mass is 327 g/mol. The molecule has 0 spiro atoms. The minimum Gasteiger partial charge on any atom is -0.329 e. The third-order valence-corrected chi connectivity index (χ3v) is 5.91. The first-order valence-corrected chi connectivity index (χ1v) is 8.46. The van der Waals surface area contributed by atoms with Crippen molar-refractivity contribution in [3.63, 3.8) is 0 Å². The van der Waals surface area contributed by atoms with Crippen LogP contribution in [0.1, 0.15) is 30.9 Å². The summed E-state index contributed by atoms with van der Waals surface area (Å²) in [6.45, 7) is 2.81. The number of hydrogen-bond acceptors (Lipinski definition) is 3. The molecule has 0 radical (unpaired) electrons. The highest BCUT2D eigenvalue weighted by Gasteiger charge is 2.36. The molecule has 21 heavy (non-hydrogen) atoms. The number of rotatable bonds is 3. The average Bonchev–Trinajstić information content (AvgIpc) is 2.70. The topological polar surface area (TPSA) is 32.5 Å². The van der Waals surface area contributed by atoms with Crippen LogP contribution in [-0.4, -0.2) is 48.6 Å². The van der Waals surface area contributed by atoms with Crippen LogP contribution in [0.15, 0.2) is 18.2 Å². The van der Waals surface area contributed by atoms with E-state index in [0.29, 0.717) is 22.6 Å². The van der Waals surface area contributed by atoms with E-state index in [1.54, 1.807) is 0 Å². The fourth-order valence-electron chi connectivity index (χ4n) is 3.83. The molecule has 2 saturated heterocycles. The molecule has 1 aromatic rings. The van der Waals surface area contributed by atoms with E-state index < -0.39 is 0 Å². The van der Waals surface area contributed by atoms with Crippen LogP contribution in [0.4, 0.5) is 0 Å². The van der Waals surface area contributed by atoms with Gasteiger partial charge in [0, 0.05) is 37.8 Å². The second-order valence-electron chi connectivity index (χ2n) is 6.26. The van der Waals surface area contributed by atoms with E-state index in [9.17, 15) is 0 Å². The van der Waals surface area contributed by atoms with Crippen molar-refractivity contribution in [3.05, 3.63) is 33.8 Å². The molecular formula is C16H23Cl2N3. The van der Waals surface area contributed by atoms with Crippen LogP contribution >= 0.6 is 23.2 Å². The molecule has 116 valence electrons. The molecule has 2 aliphatic heterocycles. The van der Waals surface area contributed by atoms with E-state index in [0.717, 1.165) is 19.1 Å². The van der Waals surface area contributed by atoms with Crippen molar-refractivity contribution in [2.24, 2.45) is 5.73 Å². The van der Waals surface area contributed by atoms with Gasteiger partial charge in [0.05, 0.1) is 10.0 Å². The zero-order valence-corrected chi connectivity index (χ0v) is 13.9. The van der Waals surface area contributed by atoms with Crippen LogP contribution in [0, 0.1) is 0 Å². The molecule has 0 saturated carbocycles. The van der Waals surface area contributed by atoms with Crippen molar-refractivity contribution < 1.29 is 0 Å². The Labute approximate surface area is 137 Å². The van der Waals surface area contributed by atoms with Crippen molar-refractivity contribution in [1.82, 2.24) is 9.80 Å². The number of nitrogens with two attached hydrogens (primary N) is 1. The minimum absolute atomic E-state index is 0.229. The molecule has 2 N–H and O–H groups in total. The quantitative estimate of drug-likeness (QED) is 0.925. The molecule has 3 nitrogen and oxygen atoms in total. The van der Waals surface area contributed by atoms with E-state index in [4.69, 9.17) is 28.9 Å². The third kappa shape index (κ3) is 3.08. The van der Waals surface area contributed by atoms with Crippen LogP contribution in [-0.2, 0) is 0 Å². The fourth-order valence-corrected chi connectivity index (χ4v) is 4.14.